The Hall–Kier alpha value is -3.05. The molecule has 0 fully saturated rings. The van der Waals surface area contributed by atoms with Crippen LogP contribution in [0.5, 0.6) is 11.5 Å². The zero-order chi connectivity index (χ0) is 25.1. The van der Waals surface area contributed by atoms with Crippen LogP contribution in [0, 0.1) is 12.3 Å². The molecule has 1 aromatic rings. The lowest BCUT2D eigenvalue weighted by molar-refractivity contribution is -0.305. The van der Waals surface area contributed by atoms with Crippen molar-refractivity contribution in [2.45, 2.75) is 57.8 Å². The predicted molar refractivity (Wildman–Crippen MR) is 130 cm³/mol. The van der Waals surface area contributed by atoms with Crippen molar-refractivity contribution in [3.8, 4) is 23.8 Å². The Bertz CT molecular complexity index is 1130. The van der Waals surface area contributed by atoms with E-state index in [-0.39, 0.29) is 31.1 Å². The van der Waals surface area contributed by atoms with Gasteiger partial charge in [-0.2, -0.15) is 0 Å². The highest BCUT2D eigenvalue weighted by Crippen LogP contribution is 2.51. The van der Waals surface area contributed by atoms with Gasteiger partial charge >= 0.3 is 0 Å². The Balaban J connectivity index is 1.91. The first-order chi connectivity index (χ1) is 16.9. The highest BCUT2D eigenvalue weighted by atomic mass is 79.9. The van der Waals surface area contributed by atoms with E-state index < -0.39 is 11.9 Å². The molecule has 3 aliphatic rings. The van der Waals surface area contributed by atoms with Gasteiger partial charge in [0.25, 0.3) is 0 Å². The lowest BCUT2D eigenvalue weighted by Gasteiger charge is -2.44. The fourth-order valence-corrected chi connectivity index (χ4v) is 5.87. The number of halogens is 1. The van der Waals surface area contributed by atoms with E-state index in [2.05, 4.69) is 21.9 Å². The maximum atomic E-state index is 13.3. The van der Waals surface area contributed by atoms with Crippen molar-refractivity contribution in [2.24, 2.45) is 0 Å². The molecule has 0 saturated heterocycles. The average Bonchev–Trinajstić information content (AvgIpc) is 2.82. The molecule has 0 atom stereocenters. The molecule has 0 saturated carbocycles. The Morgan fingerprint density at radius 3 is 2.29 bits per heavy atom. The number of carboxylic acid groups (broad SMARTS) is 1. The zero-order valence-corrected chi connectivity index (χ0v) is 21.2. The van der Waals surface area contributed by atoms with Gasteiger partial charge in [0.2, 0.25) is 0 Å². The van der Waals surface area contributed by atoms with Gasteiger partial charge in [-0.15, -0.1) is 6.42 Å². The number of nitrogens with zero attached hydrogens (tertiary/aromatic N) is 1. The Labute approximate surface area is 213 Å². The van der Waals surface area contributed by atoms with E-state index in [1.54, 1.807) is 0 Å². The Kier molecular flexibility index (Phi) is 7.66. The molecule has 0 spiro atoms. The smallest absolute Gasteiger partial charge is 0.176 e. The molecule has 0 bridgehead atoms. The van der Waals surface area contributed by atoms with Gasteiger partial charge in [0.05, 0.1) is 11.1 Å². The molecule has 0 N–H and O–H groups in total. The number of Topliss-reactive ketones (excluding diaryl/α,β-unsaturated/α-hetero) is 2. The molecule has 0 radical (unpaired) electrons. The minimum Gasteiger partial charge on any atom is -0.550 e. The normalized spacial score (nSPS) is 18.3. The molecular formula is C27H27BrNO6-. The number of ether oxygens (including phenoxy) is 2. The van der Waals surface area contributed by atoms with Crippen molar-refractivity contribution < 1.29 is 29.0 Å². The minimum absolute atomic E-state index is 0.0126. The fourth-order valence-electron chi connectivity index (χ4n) is 5.29. The van der Waals surface area contributed by atoms with E-state index in [0.29, 0.717) is 72.2 Å². The van der Waals surface area contributed by atoms with Crippen molar-refractivity contribution in [1.82, 2.24) is 4.90 Å². The molecule has 7 nitrogen and oxygen atoms in total. The van der Waals surface area contributed by atoms with Crippen LogP contribution in [0.2, 0.25) is 0 Å². The predicted octanol–water partition coefficient (Wildman–Crippen LogP) is 3.41. The molecule has 35 heavy (non-hydrogen) atoms. The summed E-state index contributed by atoms with van der Waals surface area (Å²) in [6.45, 7) is 2.50. The quantitative estimate of drug-likeness (QED) is 0.466. The van der Waals surface area contributed by atoms with Crippen LogP contribution in [0.4, 0.5) is 0 Å². The van der Waals surface area contributed by atoms with Gasteiger partial charge in [-0.05, 0) is 66.2 Å². The Morgan fingerprint density at radius 2 is 1.74 bits per heavy atom. The number of allylic oxidation sites excluding steroid dienone is 4. The number of aliphatic carboxylic acids is 1. The van der Waals surface area contributed by atoms with Gasteiger partial charge in [-0.3, -0.25) is 9.59 Å². The standard InChI is InChI=1S/C27H28BrNO6/c1-3-13-35-27-17(28)14-16(15-22(27)34-4-2)24-25-18(7-5-9-20(25)30)29(12-11-23(32)33)19-8-6-10-21(31)26(19)24/h1,14-15,24H,4-13H2,2H3,(H,32,33)/p-1. The van der Waals surface area contributed by atoms with E-state index in [4.69, 9.17) is 15.9 Å². The summed E-state index contributed by atoms with van der Waals surface area (Å²) in [6.07, 6.45) is 8.66. The second-order valence-electron chi connectivity index (χ2n) is 8.74. The number of hydrogen-bond donors (Lipinski definition) is 0. The maximum absolute atomic E-state index is 13.3. The van der Waals surface area contributed by atoms with E-state index in [9.17, 15) is 19.5 Å². The fraction of sp³-hybridized carbons (Fsp3) is 0.444. The molecular weight excluding hydrogens is 514 g/mol. The SMILES string of the molecule is C#CCOc1c(Br)cc(C2C3=C(CCCC3=O)N(CCC(=O)[O-])C3=C2C(=O)CCC3)cc1OCC. The molecule has 184 valence electrons. The van der Waals surface area contributed by atoms with E-state index in [0.717, 1.165) is 17.0 Å². The van der Waals surface area contributed by atoms with Crippen LogP contribution in [0.15, 0.2) is 39.1 Å². The number of carbonyl (C=O) groups excluding carboxylic acids is 3. The summed E-state index contributed by atoms with van der Waals surface area (Å²) >= 11 is 3.57. The number of terminal acetylenes is 1. The number of carboxylic acids is 1. The summed E-state index contributed by atoms with van der Waals surface area (Å²) in [7, 11) is 0. The molecule has 8 heteroatoms. The lowest BCUT2D eigenvalue weighted by atomic mass is 9.71. The summed E-state index contributed by atoms with van der Waals surface area (Å²) in [6, 6.07) is 3.68. The second-order valence-corrected chi connectivity index (χ2v) is 9.59. The van der Waals surface area contributed by atoms with Crippen LogP contribution >= 0.6 is 15.9 Å². The number of ketones is 2. The van der Waals surface area contributed by atoms with E-state index in [1.165, 1.54) is 0 Å². The van der Waals surface area contributed by atoms with Crippen molar-refractivity contribution in [1.29, 1.82) is 0 Å². The lowest BCUT2D eigenvalue weighted by Crippen LogP contribution is -2.40. The molecule has 1 aliphatic heterocycles. The van der Waals surface area contributed by atoms with Gasteiger partial charge in [-0.25, -0.2) is 0 Å². The molecule has 1 heterocycles. The molecule has 2 aliphatic carbocycles. The molecule has 0 amide bonds. The first-order valence-electron chi connectivity index (χ1n) is 11.9. The highest BCUT2D eigenvalue weighted by Gasteiger charge is 2.43. The monoisotopic (exact) mass is 540 g/mol. The topological polar surface area (TPSA) is 96.0 Å². The van der Waals surface area contributed by atoms with Crippen LogP contribution in [-0.4, -0.2) is 42.2 Å². The number of rotatable bonds is 8. The third-order valence-electron chi connectivity index (χ3n) is 6.59. The number of carbonyl (C=O) groups is 3. The second kappa shape index (κ2) is 10.7. The zero-order valence-electron chi connectivity index (χ0n) is 19.7. The minimum atomic E-state index is -1.16. The summed E-state index contributed by atoms with van der Waals surface area (Å²) < 4.78 is 12.2. The van der Waals surface area contributed by atoms with Gasteiger partial charge in [0.1, 0.15) is 6.61 Å². The van der Waals surface area contributed by atoms with E-state index >= 15 is 0 Å². The van der Waals surface area contributed by atoms with Crippen molar-refractivity contribution in [3.05, 3.63) is 44.7 Å². The largest absolute Gasteiger partial charge is 0.550 e. The third kappa shape index (κ3) is 4.87. The third-order valence-corrected chi connectivity index (χ3v) is 7.18. The first kappa shape index (κ1) is 25.1. The van der Waals surface area contributed by atoms with Crippen LogP contribution < -0.4 is 14.6 Å². The number of benzene rings is 1. The van der Waals surface area contributed by atoms with Crippen LogP contribution in [-0.2, 0) is 14.4 Å². The Morgan fingerprint density at radius 1 is 1.11 bits per heavy atom. The van der Waals surface area contributed by atoms with Gasteiger partial charge in [0.15, 0.2) is 23.1 Å². The molecule has 1 aromatic carbocycles. The summed E-state index contributed by atoms with van der Waals surface area (Å²) in [5.74, 6) is 1.66. The van der Waals surface area contributed by atoms with Crippen molar-refractivity contribution in [2.75, 3.05) is 19.8 Å². The maximum Gasteiger partial charge on any atom is 0.176 e. The first-order valence-corrected chi connectivity index (χ1v) is 12.7. The highest BCUT2D eigenvalue weighted by molar-refractivity contribution is 9.10. The van der Waals surface area contributed by atoms with Crippen molar-refractivity contribution >= 4 is 33.5 Å². The van der Waals surface area contributed by atoms with Crippen LogP contribution in [0.25, 0.3) is 0 Å². The van der Waals surface area contributed by atoms with Crippen LogP contribution in [0.1, 0.15) is 63.4 Å². The van der Waals surface area contributed by atoms with Crippen LogP contribution in [0.3, 0.4) is 0 Å². The summed E-state index contributed by atoms with van der Waals surface area (Å²) in [5, 5.41) is 11.3. The molecule has 0 unspecified atom stereocenters. The van der Waals surface area contributed by atoms with Crippen molar-refractivity contribution in [3.63, 3.8) is 0 Å². The molecule has 0 aromatic heterocycles. The van der Waals surface area contributed by atoms with Gasteiger partial charge in [-0.1, -0.05) is 5.92 Å². The molecule has 4 rings (SSSR count). The van der Waals surface area contributed by atoms with Gasteiger partial charge in [0, 0.05) is 60.2 Å². The van der Waals surface area contributed by atoms with Gasteiger partial charge < -0.3 is 24.3 Å². The summed E-state index contributed by atoms with van der Waals surface area (Å²) in [4.78, 5) is 39.9. The number of hydrogen-bond acceptors (Lipinski definition) is 7. The average molecular weight is 541 g/mol. The summed E-state index contributed by atoms with van der Waals surface area (Å²) in [5.41, 5.74) is 3.55. The van der Waals surface area contributed by atoms with E-state index in [1.807, 2.05) is 24.0 Å².